The van der Waals surface area contributed by atoms with Crippen LogP contribution in [0.5, 0.6) is 0 Å². The first-order valence-corrected chi connectivity index (χ1v) is 5.36. The molecule has 0 atom stereocenters. The topological polar surface area (TPSA) is 23.8 Å². The highest BCUT2D eigenvalue weighted by Gasteiger charge is 1.98. The molecule has 13 heavy (non-hydrogen) atoms. The van der Waals surface area contributed by atoms with E-state index in [4.69, 9.17) is 16.9 Å². The van der Waals surface area contributed by atoms with E-state index in [0.29, 0.717) is 6.42 Å². The molecule has 0 aliphatic rings. The monoisotopic (exact) mass is 211 g/mol. The summed E-state index contributed by atoms with van der Waals surface area (Å²) in [5.74, 6) is 0.846. The Morgan fingerprint density at radius 3 is 2.92 bits per heavy atom. The molecule has 0 saturated carbocycles. The van der Waals surface area contributed by atoms with E-state index in [-0.39, 0.29) is 0 Å². The third-order valence-corrected chi connectivity index (χ3v) is 3.02. The van der Waals surface area contributed by atoms with Crippen molar-refractivity contribution in [3.05, 3.63) is 28.8 Å². The molecule has 3 heteroatoms. The van der Waals surface area contributed by atoms with Gasteiger partial charge in [0, 0.05) is 22.1 Å². The van der Waals surface area contributed by atoms with Gasteiger partial charge in [-0.25, -0.2) is 0 Å². The van der Waals surface area contributed by atoms with Crippen LogP contribution in [0.15, 0.2) is 23.1 Å². The van der Waals surface area contributed by atoms with Crippen molar-refractivity contribution in [2.24, 2.45) is 0 Å². The summed E-state index contributed by atoms with van der Waals surface area (Å²) in [7, 11) is 0. The molecule has 0 saturated heterocycles. The van der Waals surface area contributed by atoms with Gasteiger partial charge in [0.15, 0.2) is 0 Å². The first kappa shape index (κ1) is 10.4. The molecule has 0 aliphatic carbocycles. The first-order chi connectivity index (χ1) is 6.24. The molecule has 1 aromatic carbocycles. The molecule has 0 bridgehead atoms. The Morgan fingerprint density at radius 2 is 2.31 bits per heavy atom. The zero-order valence-electron chi connectivity index (χ0n) is 7.38. The molecule has 0 heterocycles. The zero-order valence-corrected chi connectivity index (χ0v) is 8.95. The highest BCUT2D eigenvalue weighted by atomic mass is 35.5. The summed E-state index contributed by atoms with van der Waals surface area (Å²) in [6, 6.07) is 7.94. The second-order valence-electron chi connectivity index (χ2n) is 2.67. The first-order valence-electron chi connectivity index (χ1n) is 4.00. The van der Waals surface area contributed by atoms with Crippen LogP contribution < -0.4 is 0 Å². The molecule has 0 spiro atoms. The van der Waals surface area contributed by atoms with E-state index in [2.05, 4.69) is 6.07 Å². The number of nitrogens with zero attached hydrogens (tertiary/aromatic N) is 1. The average molecular weight is 212 g/mol. The van der Waals surface area contributed by atoms with Crippen LogP contribution in [-0.4, -0.2) is 5.75 Å². The van der Waals surface area contributed by atoms with E-state index >= 15 is 0 Å². The molecule has 0 radical (unpaired) electrons. The van der Waals surface area contributed by atoms with Crippen LogP contribution >= 0.6 is 23.4 Å². The van der Waals surface area contributed by atoms with Crippen molar-refractivity contribution in [2.45, 2.75) is 18.2 Å². The van der Waals surface area contributed by atoms with Crippen molar-refractivity contribution in [1.29, 1.82) is 5.26 Å². The van der Waals surface area contributed by atoms with E-state index in [1.807, 2.05) is 25.1 Å². The lowest BCUT2D eigenvalue weighted by molar-refractivity contribution is 1.22. The summed E-state index contributed by atoms with van der Waals surface area (Å²) >= 11 is 7.52. The minimum absolute atomic E-state index is 0.590. The molecule has 0 aromatic heterocycles. The summed E-state index contributed by atoms with van der Waals surface area (Å²) in [5.41, 5.74) is 1.18. The number of thioether (sulfide) groups is 1. The van der Waals surface area contributed by atoms with Crippen molar-refractivity contribution in [3.63, 3.8) is 0 Å². The van der Waals surface area contributed by atoms with E-state index in [9.17, 15) is 0 Å². The van der Waals surface area contributed by atoms with Crippen molar-refractivity contribution in [3.8, 4) is 6.07 Å². The predicted octanol–water partition coefficient (Wildman–Crippen LogP) is 3.65. The Labute approximate surface area is 87.7 Å². The van der Waals surface area contributed by atoms with Gasteiger partial charge < -0.3 is 0 Å². The van der Waals surface area contributed by atoms with Gasteiger partial charge in [0.05, 0.1) is 6.07 Å². The van der Waals surface area contributed by atoms with Crippen molar-refractivity contribution in [2.75, 3.05) is 5.75 Å². The van der Waals surface area contributed by atoms with Gasteiger partial charge in [0.1, 0.15) is 0 Å². The number of aryl methyl sites for hydroxylation is 1. The average Bonchev–Trinajstić information content (AvgIpc) is 2.09. The smallest absolute Gasteiger partial charge is 0.0630 e. The van der Waals surface area contributed by atoms with Gasteiger partial charge in [-0.2, -0.15) is 5.26 Å². The molecule has 1 nitrogen and oxygen atoms in total. The second-order valence-corrected chi connectivity index (χ2v) is 4.24. The summed E-state index contributed by atoms with van der Waals surface area (Å²) < 4.78 is 0. The van der Waals surface area contributed by atoms with E-state index in [1.165, 1.54) is 10.5 Å². The third kappa shape index (κ3) is 3.30. The highest BCUT2D eigenvalue weighted by Crippen LogP contribution is 2.25. The maximum absolute atomic E-state index is 8.37. The zero-order chi connectivity index (χ0) is 9.68. The summed E-state index contributed by atoms with van der Waals surface area (Å²) in [4.78, 5) is 1.21. The van der Waals surface area contributed by atoms with Crippen LogP contribution in [0.3, 0.4) is 0 Å². The number of halogens is 1. The molecule has 0 amide bonds. The summed E-state index contributed by atoms with van der Waals surface area (Å²) in [5, 5.41) is 9.14. The second kappa shape index (κ2) is 5.16. The maximum atomic E-state index is 8.37. The van der Waals surface area contributed by atoms with Crippen molar-refractivity contribution in [1.82, 2.24) is 0 Å². The standard InChI is InChI=1S/C10H10ClNS/c1-8-7-9(11)3-4-10(8)13-6-2-5-12/h3-4,7H,2,6H2,1H3. The number of nitriles is 1. The van der Waals surface area contributed by atoms with E-state index in [0.717, 1.165) is 10.8 Å². The highest BCUT2D eigenvalue weighted by molar-refractivity contribution is 7.99. The Hall–Kier alpha value is -0.650. The quantitative estimate of drug-likeness (QED) is 0.563. The van der Waals surface area contributed by atoms with Gasteiger partial charge in [-0.15, -0.1) is 11.8 Å². The fraction of sp³-hybridized carbons (Fsp3) is 0.300. The predicted molar refractivity (Wildman–Crippen MR) is 57.1 cm³/mol. The van der Waals surface area contributed by atoms with Gasteiger partial charge in [-0.05, 0) is 30.7 Å². The molecule has 1 aromatic rings. The number of hydrogen-bond acceptors (Lipinski definition) is 2. The molecule has 0 aliphatic heterocycles. The van der Waals surface area contributed by atoms with Crippen LogP contribution in [0.25, 0.3) is 0 Å². The van der Waals surface area contributed by atoms with Crippen molar-refractivity contribution >= 4 is 23.4 Å². The minimum atomic E-state index is 0.590. The van der Waals surface area contributed by atoms with Gasteiger partial charge in [0.2, 0.25) is 0 Å². The van der Waals surface area contributed by atoms with Crippen LogP contribution in [0, 0.1) is 18.3 Å². The summed E-state index contributed by atoms with van der Waals surface area (Å²) in [6.07, 6.45) is 0.590. The van der Waals surface area contributed by atoms with E-state index in [1.54, 1.807) is 11.8 Å². The molecule has 0 unspecified atom stereocenters. The van der Waals surface area contributed by atoms with Crippen LogP contribution in [0.4, 0.5) is 0 Å². The van der Waals surface area contributed by atoms with Gasteiger partial charge in [0.25, 0.3) is 0 Å². The van der Waals surface area contributed by atoms with Crippen LogP contribution in [-0.2, 0) is 0 Å². The van der Waals surface area contributed by atoms with Gasteiger partial charge in [-0.3, -0.25) is 0 Å². The van der Waals surface area contributed by atoms with Gasteiger partial charge in [-0.1, -0.05) is 11.6 Å². The lowest BCUT2D eigenvalue weighted by Gasteiger charge is -2.03. The number of rotatable bonds is 3. The fourth-order valence-corrected chi connectivity index (χ4v) is 2.07. The van der Waals surface area contributed by atoms with Crippen molar-refractivity contribution < 1.29 is 0 Å². The maximum Gasteiger partial charge on any atom is 0.0630 e. The Bertz CT molecular complexity index is 330. The lowest BCUT2D eigenvalue weighted by Crippen LogP contribution is -1.81. The molecule has 0 fully saturated rings. The lowest BCUT2D eigenvalue weighted by atomic mass is 10.2. The van der Waals surface area contributed by atoms with Crippen LogP contribution in [0.2, 0.25) is 5.02 Å². The minimum Gasteiger partial charge on any atom is -0.198 e. The molecular weight excluding hydrogens is 202 g/mol. The fourth-order valence-electron chi connectivity index (χ4n) is 0.981. The molecule has 68 valence electrons. The Balaban J connectivity index is 2.62. The normalized spacial score (nSPS) is 9.62. The van der Waals surface area contributed by atoms with Gasteiger partial charge >= 0.3 is 0 Å². The Morgan fingerprint density at radius 1 is 1.54 bits per heavy atom. The van der Waals surface area contributed by atoms with Crippen LogP contribution in [0.1, 0.15) is 12.0 Å². The number of hydrogen-bond donors (Lipinski definition) is 0. The largest absolute Gasteiger partial charge is 0.198 e. The SMILES string of the molecule is Cc1cc(Cl)ccc1SCCC#N. The molecular formula is C10H10ClNS. The third-order valence-electron chi connectivity index (χ3n) is 1.61. The number of benzene rings is 1. The molecule has 0 N–H and O–H groups in total. The Kier molecular flexibility index (Phi) is 4.14. The molecule has 1 rings (SSSR count). The summed E-state index contributed by atoms with van der Waals surface area (Å²) in [6.45, 7) is 2.03. The van der Waals surface area contributed by atoms with E-state index < -0.39 is 0 Å².